The number of hydrogen-bond acceptors (Lipinski definition) is 4. The largest absolute Gasteiger partial charge is 0.368 e. The molecule has 0 fully saturated rings. The van der Waals surface area contributed by atoms with E-state index < -0.39 is 11.4 Å². The van der Waals surface area contributed by atoms with E-state index >= 15 is 0 Å². The summed E-state index contributed by atoms with van der Waals surface area (Å²) in [7, 11) is 0. The van der Waals surface area contributed by atoms with Gasteiger partial charge < -0.3 is 11.5 Å². The Hall–Kier alpha value is -1.37. The van der Waals surface area contributed by atoms with Crippen LogP contribution in [0.1, 0.15) is 5.56 Å². The molecule has 1 heterocycles. The van der Waals surface area contributed by atoms with Gasteiger partial charge >= 0.3 is 0 Å². The summed E-state index contributed by atoms with van der Waals surface area (Å²) in [6.45, 7) is 0. The molecule has 1 amide bonds. The van der Waals surface area contributed by atoms with Crippen molar-refractivity contribution in [2.45, 2.75) is 10.6 Å². The summed E-state index contributed by atoms with van der Waals surface area (Å²) < 4.78 is 0.866. The smallest absolute Gasteiger partial charge is 0.243 e. The highest BCUT2D eigenvalue weighted by atomic mass is 79.9. The lowest BCUT2D eigenvalue weighted by Gasteiger charge is -2.26. The van der Waals surface area contributed by atoms with Gasteiger partial charge in [-0.15, -0.1) is 11.8 Å². The average Bonchev–Trinajstić information content (AvgIpc) is 2.47. The Balaban J connectivity index is 2.23. The van der Waals surface area contributed by atoms with E-state index in [0.717, 1.165) is 9.50 Å². The summed E-state index contributed by atoms with van der Waals surface area (Å²) in [5, 5.41) is 0.777. The number of amides is 1. The minimum atomic E-state index is -1.22. The van der Waals surface area contributed by atoms with Crippen LogP contribution in [0, 0.1) is 0 Å². The van der Waals surface area contributed by atoms with Gasteiger partial charge in [-0.05, 0) is 33.6 Å². The summed E-state index contributed by atoms with van der Waals surface area (Å²) in [6.07, 6.45) is 1.69. The van der Waals surface area contributed by atoms with Gasteiger partial charge in [0, 0.05) is 16.4 Å². The van der Waals surface area contributed by atoms with Gasteiger partial charge in [-0.25, -0.2) is 4.98 Å². The molecule has 4 nitrogen and oxygen atoms in total. The number of carbonyl (C=O) groups is 1. The first-order valence-corrected chi connectivity index (χ1v) is 7.69. The second-order valence-electron chi connectivity index (χ2n) is 4.28. The number of nitrogens with zero attached hydrogens (tertiary/aromatic N) is 1. The van der Waals surface area contributed by atoms with Crippen LogP contribution in [0.25, 0.3) is 0 Å². The molecule has 1 aromatic carbocycles. The number of rotatable bonds is 5. The topological polar surface area (TPSA) is 82.0 Å². The minimum absolute atomic E-state index is 0.321. The number of thioether (sulfide) groups is 1. The van der Waals surface area contributed by atoms with Crippen LogP contribution in [-0.4, -0.2) is 16.6 Å². The highest BCUT2D eigenvalue weighted by Crippen LogP contribution is 2.30. The molecule has 4 N–H and O–H groups in total. The number of pyridine rings is 1. The molecule has 0 aliphatic rings. The van der Waals surface area contributed by atoms with Crippen molar-refractivity contribution in [3.8, 4) is 0 Å². The van der Waals surface area contributed by atoms with E-state index in [1.54, 1.807) is 18.3 Å². The van der Waals surface area contributed by atoms with Crippen LogP contribution in [0.2, 0.25) is 0 Å². The molecule has 0 radical (unpaired) electrons. The maximum absolute atomic E-state index is 11.8. The monoisotopic (exact) mass is 351 g/mol. The summed E-state index contributed by atoms with van der Waals surface area (Å²) in [4.78, 5) is 16.0. The molecule has 1 atom stereocenters. The Bertz CT molecular complexity index is 608. The molecule has 0 saturated carbocycles. The molecular weight excluding hydrogens is 338 g/mol. The Morgan fingerprint density at radius 1 is 1.25 bits per heavy atom. The van der Waals surface area contributed by atoms with Crippen LogP contribution in [-0.2, 0) is 10.3 Å². The fourth-order valence-electron chi connectivity index (χ4n) is 1.69. The van der Waals surface area contributed by atoms with E-state index in [0.29, 0.717) is 11.3 Å². The lowest BCUT2D eigenvalue weighted by atomic mass is 9.92. The van der Waals surface area contributed by atoms with Gasteiger partial charge in [0.25, 0.3) is 0 Å². The third-order valence-corrected chi connectivity index (χ3v) is 4.99. The SMILES string of the molecule is NC(=O)C(N)(CSc1ncccc1Br)c1ccccc1. The van der Waals surface area contributed by atoms with E-state index in [1.165, 1.54) is 11.8 Å². The summed E-state index contributed by atoms with van der Waals surface area (Å²) in [5.74, 6) is -0.231. The first-order chi connectivity index (χ1) is 9.54. The Kier molecular flexibility index (Phi) is 4.80. The lowest BCUT2D eigenvalue weighted by Crippen LogP contribution is -2.51. The number of halogens is 1. The third-order valence-electron chi connectivity index (χ3n) is 2.89. The number of benzene rings is 1. The van der Waals surface area contributed by atoms with Crippen molar-refractivity contribution >= 4 is 33.6 Å². The van der Waals surface area contributed by atoms with E-state index in [9.17, 15) is 4.79 Å². The zero-order valence-corrected chi connectivity index (χ0v) is 13.0. The van der Waals surface area contributed by atoms with Gasteiger partial charge in [0.2, 0.25) is 5.91 Å². The normalized spacial score (nSPS) is 13.7. The number of primary amides is 1. The molecule has 0 spiro atoms. The van der Waals surface area contributed by atoms with Gasteiger partial charge in [-0.3, -0.25) is 4.79 Å². The number of carbonyl (C=O) groups excluding carboxylic acids is 1. The molecule has 6 heteroatoms. The second kappa shape index (κ2) is 6.39. The van der Waals surface area contributed by atoms with Gasteiger partial charge in [-0.1, -0.05) is 30.3 Å². The van der Waals surface area contributed by atoms with Crippen molar-refractivity contribution in [3.05, 3.63) is 58.7 Å². The summed E-state index contributed by atoms with van der Waals surface area (Å²) in [6, 6.07) is 12.9. The Labute approximate surface area is 130 Å². The van der Waals surface area contributed by atoms with E-state index in [-0.39, 0.29) is 0 Å². The number of aromatic nitrogens is 1. The molecular formula is C14H14BrN3OS. The molecule has 0 aliphatic carbocycles. The molecule has 0 bridgehead atoms. The third kappa shape index (κ3) is 3.20. The molecule has 0 saturated heterocycles. The number of hydrogen-bond donors (Lipinski definition) is 2. The molecule has 1 unspecified atom stereocenters. The fourth-order valence-corrected chi connectivity index (χ4v) is 3.30. The molecule has 2 rings (SSSR count). The van der Waals surface area contributed by atoms with Crippen LogP contribution in [0.15, 0.2) is 58.2 Å². The molecule has 2 aromatic rings. The van der Waals surface area contributed by atoms with Crippen LogP contribution >= 0.6 is 27.7 Å². The van der Waals surface area contributed by atoms with Gasteiger partial charge in [0.15, 0.2) is 0 Å². The summed E-state index contributed by atoms with van der Waals surface area (Å²) in [5.41, 5.74) is 11.2. The van der Waals surface area contributed by atoms with Crippen molar-refractivity contribution in [2.24, 2.45) is 11.5 Å². The Morgan fingerprint density at radius 2 is 1.95 bits per heavy atom. The van der Waals surface area contributed by atoms with E-state index in [2.05, 4.69) is 20.9 Å². The average molecular weight is 352 g/mol. The van der Waals surface area contributed by atoms with Gasteiger partial charge in [0.1, 0.15) is 10.6 Å². The first-order valence-electron chi connectivity index (χ1n) is 5.91. The predicted molar refractivity (Wildman–Crippen MR) is 84.2 cm³/mol. The summed E-state index contributed by atoms with van der Waals surface area (Å²) >= 11 is 4.81. The van der Waals surface area contributed by atoms with Crippen LogP contribution in [0.5, 0.6) is 0 Å². The van der Waals surface area contributed by atoms with Crippen LogP contribution < -0.4 is 11.5 Å². The van der Waals surface area contributed by atoms with Crippen molar-refractivity contribution in [1.82, 2.24) is 4.98 Å². The molecule has 1 aromatic heterocycles. The predicted octanol–water partition coefficient (Wildman–Crippen LogP) is 2.28. The molecule has 0 aliphatic heterocycles. The van der Waals surface area contributed by atoms with E-state index in [1.807, 2.05) is 30.3 Å². The fraction of sp³-hybridized carbons (Fsp3) is 0.143. The maximum Gasteiger partial charge on any atom is 0.243 e. The Morgan fingerprint density at radius 3 is 2.55 bits per heavy atom. The highest BCUT2D eigenvalue weighted by molar-refractivity contribution is 9.10. The number of nitrogens with two attached hydrogens (primary N) is 2. The molecule has 20 heavy (non-hydrogen) atoms. The van der Waals surface area contributed by atoms with Gasteiger partial charge in [0.05, 0.1) is 0 Å². The zero-order chi connectivity index (χ0) is 14.6. The molecule has 104 valence electrons. The highest BCUT2D eigenvalue weighted by Gasteiger charge is 2.34. The van der Waals surface area contributed by atoms with Crippen molar-refractivity contribution in [2.75, 3.05) is 5.75 Å². The van der Waals surface area contributed by atoms with Gasteiger partial charge in [-0.2, -0.15) is 0 Å². The van der Waals surface area contributed by atoms with Crippen molar-refractivity contribution in [3.63, 3.8) is 0 Å². The van der Waals surface area contributed by atoms with Crippen molar-refractivity contribution in [1.29, 1.82) is 0 Å². The second-order valence-corrected chi connectivity index (χ2v) is 6.10. The van der Waals surface area contributed by atoms with Crippen LogP contribution in [0.4, 0.5) is 0 Å². The zero-order valence-electron chi connectivity index (χ0n) is 10.6. The van der Waals surface area contributed by atoms with Crippen molar-refractivity contribution < 1.29 is 4.79 Å². The maximum atomic E-state index is 11.8. The first kappa shape index (κ1) is 15.0. The minimum Gasteiger partial charge on any atom is -0.368 e. The standard InChI is InChI=1S/C14H14BrN3OS/c15-11-7-4-8-18-12(11)20-9-14(17,13(16)19)10-5-2-1-3-6-10/h1-8H,9,17H2,(H2,16,19). The van der Waals surface area contributed by atoms with Crippen LogP contribution in [0.3, 0.4) is 0 Å². The van der Waals surface area contributed by atoms with E-state index in [4.69, 9.17) is 11.5 Å². The quantitative estimate of drug-likeness (QED) is 0.809. The lowest BCUT2D eigenvalue weighted by molar-refractivity contribution is -0.122.